The highest BCUT2D eigenvalue weighted by atomic mass is 16.3. The molecule has 1 aromatic carbocycles. The second kappa shape index (κ2) is 3.41. The summed E-state index contributed by atoms with van der Waals surface area (Å²) in [5, 5.41) is 5.86. The average Bonchev–Trinajstić information content (AvgIpc) is 2.76. The van der Waals surface area contributed by atoms with Crippen LogP contribution in [0.3, 0.4) is 0 Å². The number of nitrogens with one attached hydrogen (secondary N) is 2. The molecule has 0 spiro atoms. The zero-order chi connectivity index (χ0) is 11.0. The lowest BCUT2D eigenvalue weighted by atomic mass is 10.0. The van der Waals surface area contributed by atoms with Crippen molar-refractivity contribution in [3.8, 4) is 0 Å². The van der Waals surface area contributed by atoms with E-state index in [2.05, 4.69) is 10.6 Å². The number of amides is 1. The molecule has 1 aromatic heterocycles. The molecule has 1 unspecified atom stereocenters. The first-order valence-corrected chi connectivity index (χ1v) is 5.04. The highest BCUT2D eigenvalue weighted by molar-refractivity contribution is 6.01. The van der Waals surface area contributed by atoms with E-state index in [9.17, 15) is 4.79 Å². The maximum absolute atomic E-state index is 11.8. The second-order valence-electron chi connectivity index (χ2n) is 3.64. The lowest BCUT2D eigenvalue weighted by Gasteiger charge is -2.23. The minimum Gasteiger partial charge on any atom is -0.446 e. The summed E-state index contributed by atoms with van der Waals surface area (Å²) in [4.78, 5) is 11.8. The predicted octanol–water partition coefficient (Wildman–Crippen LogP) is 2.38. The summed E-state index contributed by atoms with van der Waals surface area (Å²) in [6, 6.07) is 11.0. The molecule has 2 N–H and O–H groups in total. The lowest BCUT2D eigenvalue weighted by molar-refractivity contribution is -0.117. The van der Waals surface area contributed by atoms with E-state index >= 15 is 0 Å². The van der Waals surface area contributed by atoms with Gasteiger partial charge in [0.25, 0.3) is 5.91 Å². The molecule has 0 aliphatic carbocycles. The van der Waals surface area contributed by atoms with Crippen molar-refractivity contribution in [2.45, 2.75) is 6.04 Å². The molecule has 16 heavy (non-hydrogen) atoms. The Hall–Kier alpha value is -2.23. The second-order valence-corrected chi connectivity index (χ2v) is 3.64. The number of hydrogen-bond acceptors (Lipinski definition) is 3. The summed E-state index contributed by atoms with van der Waals surface area (Å²) in [7, 11) is 0. The fourth-order valence-electron chi connectivity index (χ4n) is 1.81. The van der Waals surface area contributed by atoms with Gasteiger partial charge in [-0.15, -0.1) is 0 Å². The molecule has 0 radical (unpaired) electrons. The summed E-state index contributed by atoms with van der Waals surface area (Å²) in [5.74, 6) is 0.380. The zero-order valence-corrected chi connectivity index (χ0v) is 8.44. The highest BCUT2D eigenvalue weighted by Crippen LogP contribution is 2.32. The summed E-state index contributed by atoms with van der Waals surface area (Å²) >= 11 is 0. The summed E-state index contributed by atoms with van der Waals surface area (Å²) < 4.78 is 5.12. The number of hydrogen-bond donors (Lipinski definition) is 2. The van der Waals surface area contributed by atoms with E-state index in [1.807, 2.05) is 30.3 Å². The minimum absolute atomic E-state index is 0.103. The Balaban J connectivity index is 1.97. The van der Waals surface area contributed by atoms with Crippen molar-refractivity contribution in [2.24, 2.45) is 0 Å². The first-order valence-electron chi connectivity index (χ1n) is 5.04. The van der Waals surface area contributed by atoms with E-state index < -0.39 is 0 Å². The van der Waals surface area contributed by atoms with Gasteiger partial charge in [-0.3, -0.25) is 10.1 Å². The third-order valence-electron chi connectivity index (χ3n) is 2.60. The number of benzene rings is 1. The average molecular weight is 214 g/mol. The summed E-state index contributed by atoms with van der Waals surface area (Å²) in [5.41, 5.74) is 1.75. The molecule has 4 nitrogen and oxygen atoms in total. The molecule has 2 heterocycles. The standard InChI is InChI=1S/C12H10N2O2/c15-11-10(8-4-2-1-3-5-8)13-9-6-7-16-12(9)14-11/h1-7,10,13H,(H,14,15). The molecule has 80 valence electrons. The van der Waals surface area contributed by atoms with Crippen LogP contribution in [0, 0.1) is 0 Å². The van der Waals surface area contributed by atoms with E-state index in [4.69, 9.17) is 4.42 Å². The smallest absolute Gasteiger partial charge is 0.253 e. The molecular weight excluding hydrogens is 204 g/mol. The van der Waals surface area contributed by atoms with E-state index in [0.717, 1.165) is 11.3 Å². The van der Waals surface area contributed by atoms with Gasteiger partial charge in [0.2, 0.25) is 5.88 Å². The van der Waals surface area contributed by atoms with Crippen LogP contribution >= 0.6 is 0 Å². The van der Waals surface area contributed by atoms with Gasteiger partial charge in [-0.2, -0.15) is 0 Å². The fraction of sp³-hybridized carbons (Fsp3) is 0.0833. The Kier molecular flexibility index (Phi) is 1.93. The van der Waals surface area contributed by atoms with Gasteiger partial charge in [0.1, 0.15) is 6.04 Å². The third kappa shape index (κ3) is 1.35. The Labute approximate surface area is 92.3 Å². The van der Waals surface area contributed by atoms with Crippen LogP contribution < -0.4 is 10.6 Å². The van der Waals surface area contributed by atoms with Gasteiger partial charge in [0.05, 0.1) is 12.0 Å². The van der Waals surface area contributed by atoms with Crippen LogP contribution in [0.25, 0.3) is 0 Å². The van der Waals surface area contributed by atoms with Crippen LogP contribution in [0.1, 0.15) is 11.6 Å². The molecule has 1 amide bonds. The monoisotopic (exact) mass is 214 g/mol. The van der Waals surface area contributed by atoms with Crippen LogP contribution in [0.5, 0.6) is 0 Å². The van der Waals surface area contributed by atoms with E-state index in [1.54, 1.807) is 12.3 Å². The van der Waals surface area contributed by atoms with Crippen LogP contribution in [0.4, 0.5) is 11.6 Å². The molecule has 2 aromatic rings. The summed E-state index contributed by atoms with van der Waals surface area (Å²) in [6.07, 6.45) is 1.55. The minimum atomic E-state index is -0.355. The SMILES string of the molecule is O=C1Nc2occc2NC1c1ccccc1. The Morgan fingerprint density at radius 2 is 1.94 bits per heavy atom. The van der Waals surface area contributed by atoms with Crippen LogP contribution in [0.2, 0.25) is 0 Å². The number of rotatable bonds is 1. The van der Waals surface area contributed by atoms with Gasteiger partial charge >= 0.3 is 0 Å². The van der Waals surface area contributed by atoms with Crippen LogP contribution in [-0.2, 0) is 4.79 Å². The maximum Gasteiger partial charge on any atom is 0.253 e. The lowest BCUT2D eigenvalue weighted by Crippen LogP contribution is -2.31. The number of carbonyl (C=O) groups is 1. The van der Waals surface area contributed by atoms with Gasteiger partial charge in [-0.05, 0) is 5.56 Å². The first kappa shape index (κ1) is 9.03. The van der Waals surface area contributed by atoms with Crippen molar-refractivity contribution >= 4 is 17.5 Å². The van der Waals surface area contributed by atoms with Crippen molar-refractivity contribution in [3.05, 3.63) is 48.2 Å². The number of anilines is 2. The molecule has 1 aliphatic heterocycles. The quantitative estimate of drug-likeness (QED) is 0.766. The molecule has 0 bridgehead atoms. The zero-order valence-electron chi connectivity index (χ0n) is 8.44. The molecule has 0 saturated heterocycles. The Morgan fingerprint density at radius 3 is 2.75 bits per heavy atom. The van der Waals surface area contributed by atoms with Crippen molar-refractivity contribution in [1.29, 1.82) is 0 Å². The van der Waals surface area contributed by atoms with Crippen molar-refractivity contribution in [2.75, 3.05) is 10.6 Å². The molecule has 1 aliphatic rings. The molecule has 0 fully saturated rings. The summed E-state index contributed by atoms with van der Waals surface area (Å²) in [6.45, 7) is 0. The molecule has 4 heteroatoms. The maximum atomic E-state index is 11.8. The van der Waals surface area contributed by atoms with E-state index in [0.29, 0.717) is 5.88 Å². The Bertz CT molecular complexity index is 519. The van der Waals surface area contributed by atoms with Crippen LogP contribution in [0.15, 0.2) is 47.1 Å². The normalized spacial score (nSPS) is 18.5. The number of furan rings is 1. The number of fused-ring (bicyclic) bond motifs is 1. The first-order chi connectivity index (χ1) is 7.84. The van der Waals surface area contributed by atoms with E-state index in [1.165, 1.54) is 0 Å². The number of carbonyl (C=O) groups excluding carboxylic acids is 1. The molecule has 3 rings (SSSR count). The van der Waals surface area contributed by atoms with Gasteiger partial charge in [-0.25, -0.2) is 0 Å². The molecule has 1 atom stereocenters. The van der Waals surface area contributed by atoms with Crippen molar-refractivity contribution in [1.82, 2.24) is 0 Å². The van der Waals surface area contributed by atoms with Crippen LogP contribution in [-0.4, -0.2) is 5.91 Å². The highest BCUT2D eigenvalue weighted by Gasteiger charge is 2.28. The van der Waals surface area contributed by atoms with Gasteiger partial charge in [-0.1, -0.05) is 30.3 Å². The largest absolute Gasteiger partial charge is 0.446 e. The molecule has 0 saturated carbocycles. The fourth-order valence-corrected chi connectivity index (χ4v) is 1.81. The van der Waals surface area contributed by atoms with E-state index in [-0.39, 0.29) is 11.9 Å². The third-order valence-corrected chi connectivity index (χ3v) is 2.60. The van der Waals surface area contributed by atoms with Gasteiger partial charge < -0.3 is 9.73 Å². The Morgan fingerprint density at radius 1 is 1.12 bits per heavy atom. The van der Waals surface area contributed by atoms with Crippen molar-refractivity contribution in [3.63, 3.8) is 0 Å². The van der Waals surface area contributed by atoms with Gasteiger partial charge in [0.15, 0.2) is 0 Å². The molecular formula is C12H10N2O2. The predicted molar refractivity (Wildman–Crippen MR) is 60.1 cm³/mol. The topological polar surface area (TPSA) is 54.3 Å². The van der Waals surface area contributed by atoms with Crippen molar-refractivity contribution < 1.29 is 9.21 Å². The van der Waals surface area contributed by atoms with Gasteiger partial charge in [0, 0.05) is 6.07 Å².